The van der Waals surface area contributed by atoms with Crippen molar-refractivity contribution in [3.63, 3.8) is 0 Å². The number of aromatic nitrogens is 1. The van der Waals surface area contributed by atoms with Gasteiger partial charge < -0.3 is 10.1 Å². The zero-order valence-corrected chi connectivity index (χ0v) is 17.3. The lowest BCUT2D eigenvalue weighted by Gasteiger charge is -2.07. The molecule has 0 aliphatic heterocycles. The van der Waals surface area contributed by atoms with E-state index in [1.807, 2.05) is 35.7 Å². The van der Waals surface area contributed by atoms with Gasteiger partial charge in [-0.15, -0.1) is 11.3 Å². The number of carbonyl (C=O) groups excluding carboxylic acids is 2. The van der Waals surface area contributed by atoms with Gasteiger partial charge in [0.25, 0.3) is 5.91 Å². The number of nitrogens with one attached hydrogen (secondary N) is 2. The highest BCUT2D eigenvalue weighted by molar-refractivity contribution is 7.14. The molecule has 2 aromatic carbocycles. The molecule has 2 aromatic heterocycles. The van der Waals surface area contributed by atoms with E-state index in [2.05, 4.69) is 15.6 Å². The van der Waals surface area contributed by atoms with Crippen LogP contribution in [0.5, 0.6) is 11.5 Å². The van der Waals surface area contributed by atoms with E-state index in [1.54, 1.807) is 41.1 Å². The maximum atomic E-state index is 12.3. The molecule has 4 rings (SSSR count). The van der Waals surface area contributed by atoms with E-state index in [-0.39, 0.29) is 18.2 Å². The Balaban J connectivity index is 1.29. The van der Waals surface area contributed by atoms with Crippen molar-refractivity contribution >= 4 is 45.3 Å². The van der Waals surface area contributed by atoms with Gasteiger partial charge in [-0.3, -0.25) is 14.9 Å². The number of benzene rings is 2. The van der Waals surface area contributed by atoms with E-state index < -0.39 is 0 Å². The summed E-state index contributed by atoms with van der Waals surface area (Å²) in [6, 6.07) is 18.4. The average Bonchev–Trinajstić information content (AvgIpc) is 3.43. The Morgan fingerprint density at radius 3 is 2.40 bits per heavy atom. The van der Waals surface area contributed by atoms with Crippen LogP contribution in [0.1, 0.15) is 16.1 Å². The van der Waals surface area contributed by atoms with Gasteiger partial charge in [0.15, 0.2) is 5.13 Å². The van der Waals surface area contributed by atoms with Gasteiger partial charge >= 0.3 is 0 Å². The average molecular weight is 436 g/mol. The fourth-order valence-corrected chi connectivity index (χ4v) is 3.95. The summed E-state index contributed by atoms with van der Waals surface area (Å²) < 4.78 is 5.74. The quantitative estimate of drug-likeness (QED) is 0.406. The molecule has 30 heavy (non-hydrogen) atoms. The lowest BCUT2D eigenvalue weighted by Crippen LogP contribution is -2.15. The van der Waals surface area contributed by atoms with E-state index in [0.29, 0.717) is 27.8 Å². The first-order chi connectivity index (χ1) is 14.7. The van der Waals surface area contributed by atoms with Crippen molar-refractivity contribution in [2.45, 2.75) is 6.42 Å². The van der Waals surface area contributed by atoms with Crippen molar-refractivity contribution in [2.24, 2.45) is 0 Å². The highest BCUT2D eigenvalue weighted by Gasteiger charge is 2.12. The third kappa shape index (κ3) is 5.31. The molecule has 6 nitrogen and oxygen atoms in total. The summed E-state index contributed by atoms with van der Waals surface area (Å²) >= 11 is 2.75. The smallest absolute Gasteiger partial charge is 0.258 e. The number of anilines is 2. The lowest BCUT2D eigenvalue weighted by molar-refractivity contribution is -0.115. The fourth-order valence-electron chi connectivity index (χ4n) is 2.61. The van der Waals surface area contributed by atoms with Gasteiger partial charge in [0, 0.05) is 16.4 Å². The van der Waals surface area contributed by atoms with Gasteiger partial charge in [-0.1, -0.05) is 18.2 Å². The predicted molar refractivity (Wildman–Crippen MR) is 120 cm³/mol. The fraction of sp³-hybridized carbons (Fsp3) is 0.0455. The Morgan fingerprint density at radius 1 is 0.900 bits per heavy atom. The highest BCUT2D eigenvalue weighted by Crippen LogP contribution is 2.23. The minimum absolute atomic E-state index is 0.118. The SMILES string of the molecule is O=C(Cc1csc(NC(=O)c2ccsc2)n1)Nc1ccc(Oc2ccccc2)cc1. The number of nitrogens with zero attached hydrogens (tertiary/aromatic N) is 1. The number of carbonyl (C=O) groups is 2. The van der Waals surface area contributed by atoms with Gasteiger partial charge in [0.1, 0.15) is 11.5 Å². The Morgan fingerprint density at radius 2 is 1.67 bits per heavy atom. The van der Waals surface area contributed by atoms with Gasteiger partial charge in [-0.05, 0) is 47.8 Å². The maximum absolute atomic E-state index is 12.3. The molecule has 0 atom stereocenters. The van der Waals surface area contributed by atoms with Gasteiger partial charge in [-0.2, -0.15) is 11.3 Å². The zero-order valence-electron chi connectivity index (χ0n) is 15.7. The Kier molecular flexibility index (Phi) is 6.17. The van der Waals surface area contributed by atoms with Crippen LogP contribution in [-0.4, -0.2) is 16.8 Å². The molecule has 2 N–H and O–H groups in total. The van der Waals surface area contributed by atoms with Crippen LogP contribution in [-0.2, 0) is 11.2 Å². The molecule has 4 aromatic rings. The molecule has 0 unspecified atom stereocenters. The summed E-state index contributed by atoms with van der Waals surface area (Å²) in [6.07, 6.45) is 0.118. The molecule has 0 bridgehead atoms. The van der Waals surface area contributed by atoms with Crippen LogP contribution in [0.2, 0.25) is 0 Å². The summed E-state index contributed by atoms with van der Waals surface area (Å²) in [5.41, 5.74) is 1.86. The Hall–Kier alpha value is -3.49. The maximum Gasteiger partial charge on any atom is 0.258 e. The molecule has 0 aliphatic carbocycles. The first kappa shape index (κ1) is 19.8. The van der Waals surface area contributed by atoms with Gasteiger partial charge in [-0.25, -0.2) is 4.98 Å². The van der Waals surface area contributed by atoms with E-state index in [9.17, 15) is 9.59 Å². The topological polar surface area (TPSA) is 80.3 Å². The zero-order chi connectivity index (χ0) is 20.8. The van der Waals surface area contributed by atoms with E-state index in [4.69, 9.17) is 4.74 Å². The van der Waals surface area contributed by atoms with Crippen molar-refractivity contribution in [2.75, 3.05) is 10.6 Å². The lowest BCUT2D eigenvalue weighted by atomic mass is 10.2. The number of para-hydroxylation sites is 1. The summed E-state index contributed by atoms with van der Waals surface area (Å²) in [4.78, 5) is 28.7. The Bertz CT molecular complexity index is 1120. The van der Waals surface area contributed by atoms with Crippen LogP contribution in [0.15, 0.2) is 76.8 Å². The molecule has 0 saturated carbocycles. The number of hydrogen-bond acceptors (Lipinski definition) is 6. The van der Waals surface area contributed by atoms with Crippen molar-refractivity contribution in [1.82, 2.24) is 4.98 Å². The second kappa shape index (κ2) is 9.34. The molecule has 0 saturated heterocycles. The largest absolute Gasteiger partial charge is 0.457 e. The third-order valence-electron chi connectivity index (χ3n) is 4.01. The third-order valence-corrected chi connectivity index (χ3v) is 5.50. The molecule has 2 heterocycles. The van der Waals surface area contributed by atoms with E-state index in [0.717, 1.165) is 5.75 Å². The van der Waals surface area contributed by atoms with Crippen molar-refractivity contribution < 1.29 is 14.3 Å². The molecule has 2 amide bonds. The van der Waals surface area contributed by atoms with Crippen LogP contribution in [0.4, 0.5) is 10.8 Å². The van der Waals surface area contributed by atoms with Crippen molar-refractivity contribution in [1.29, 1.82) is 0 Å². The minimum Gasteiger partial charge on any atom is -0.457 e. The minimum atomic E-state index is -0.209. The van der Waals surface area contributed by atoms with Gasteiger partial charge in [0.2, 0.25) is 5.91 Å². The van der Waals surface area contributed by atoms with Crippen molar-refractivity contribution in [3.05, 3.63) is 88.1 Å². The first-order valence-electron chi connectivity index (χ1n) is 9.06. The number of thiazole rings is 1. The van der Waals surface area contributed by atoms with Crippen LogP contribution < -0.4 is 15.4 Å². The number of thiophene rings is 1. The molecule has 0 fully saturated rings. The summed E-state index contributed by atoms with van der Waals surface area (Å²) in [6.45, 7) is 0. The molecule has 0 aliphatic rings. The van der Waals surface area contributed by atoms with Crippen molar-refractivity contribution in [3.8, 4) is 11.5 Å². The van der Waals surface area contributed by atoms with E-state index >= 15 is 0 Å². The Labute approximate surface area is 181 Å². The van der Waals surface area contributed by atoms with Gasteiger partial charge in [0.05, 0.1) is 17.7 Å². The summed E-state index contributed by atoms with van der Waals surface area (Å²) in [5, 5.41) is 11.4. The standard InChI is InChI=1S/C22H17N3O3S2/c26-20(12-17-14-30-22(24-17)25-21(27)15-10-11-29-13-15)23-16-6-8-19(9-7-16)28-18-4-2-1-3-5-18/h1-11,13-14H,12H2,(H,23,26)(H,24,25,27). The molecule has 0 radical (unpaired) electrons. The first-order valence-corrected chi connectivity index (χ1v) is 10.9. The van der Waals surface area contributed by atoms with Crippen LogP contribution in [0.25, 0.3) is 0 Å². The monoisotopic (exact) mass is 435 g/mol. The molecule has 8 heteroatoms. The van der Waals surface area contributed by atoms with E-state index in [1.165, 1.54) is 22.7 Å². The number of ether oxygens (including phenoxy) is 1. The van der Waals surface area contributed by atoms with Crippen LogP contribution >= 0.6 is 22.7 Å². The molecular formula is C22H17N3O3S2. The molecule has 0 spiro atoms. The number of hydrogen-bond donors (Lipinski definition) is 2. The number of amides is 2. The second-order valence-electron chi connectivity index (χ2n) is 6.27. The molecule has 150 valence electrons. The summed E-state index contributed by atoms with van der Waals surface area (Å²) in [5.74, 6) is 1.04. The van der Waals surface area contributed by atoms with Crippen LogP contribution in [0, 0.1) is 0 Å². The molecular weight excluding hydrogens is 418 g/mol. The predicted octanol–water partition coefficient (Wildman–Crippen LogP) is 5.43. The normalized spacial score (nSPS) is 10.4. The summed E-state index contributed by atoms with van der Waals surface area (Å²) in [7, 11) is 0. The van der Waals surface area contributed by atoms with Crippen LogP contribution in [0.3, 0.4) is 0 Å². The highest BCUT2D eigenvalue weighted by atomic mass is 32.1. The number of rotatable bonds is 7. The second-order valence-corrected chi connectivity index (χ2v) is 7.91.